The van der Waals surface area contributed by atoms with E-state index in [1.54, 1.807) is 42.5 Å². The molecule has 28 heavy (non-hydrogen) atoms. The third kappa shape index (κ3) is 4.93. The molecule has 3 rings (SSSR count). The van der Waals surface area contributed by atoms with E-state index in [1.165, 1.54) is 0 Å². The van der Waals surface area contributed by atoms with Gasteiger partial charge >= 0.3 is 0 Å². The highest BCUT2D eigenvalue weighted by Crippen LogP contribution is 2.32. The van der Waals surface area contributed by atoms with Crippen LogP contribution in [0.4, 0.5) is 0 Å². The number of fused-ring (bicyclic) bond motifs is 1. The molecule has 0 atom stereocenters. The van der Waals surface area contributed by atoms with E-state index in [9.17, 15) is 8.42 Å². The van der Waals surface area contributed by atoms with Crippen molar-refractivity contribution in [2.24, 2.45) is 4.40 Å². The molecule has 0 radical (unpaired) electrons. The van der Waals surface area contributed by atoms with E-state index in [0.29, 0.717) is 28.7 Å². The molecule has 2 aromatic rings. The van der Waals surface area contributed by atoms with Gasteiger partial charge in [-0.25, -0.2) is 0 Å². The SMILES string of the molecule is CCCN(C)CCCCOc1ccc2c(c1)S(=O)(=O)N=C2c1ccc(Cl)cc1. The molecule has 5 nitrogen and oxygen atoms in total. The minimum Gasteiger partial charge on any atom is -0.494 e. The van der Waals surface area contributed by atoms with Crippen molar-refractivity contribution >= 4 is 27.3 Å². The van der Waals surface area contributed by atoms with Gasteiger partial charge in [-0.1, -0.05) is 30.7 Å². The van der Waals surface area contributed by atoms with Crippen LogP contribution in [-0.2, 0) is 10.0 Å². The Morgan fingerprint density at radius 3 is 2.54 bits per heavy atom. The third-order valence-electron chi connectivity index (χ3n) is 4.62. The van der Waals surface area contributed by atoms with Crippen LogP contribution in [-0.4, -0.2) is 45.8 Å². The van der Waals surface area contributed by atoms with Crippen molar-refractivity contribution in [1.82, 2.24) is 4.90 Å². The largest absolute Gasteiger partial charge is 0.494 e. The predicted octanol–water partition coefficient (Wildman–Crippen LogP) is 4.38. The Balaban J connectivity index is 1.66. The average molecular weight is 421 g/mol. The summed E-state index contributed by atoms with van der Waals surface area (Å²) in [5, 5.41) is 0.593. The fraction of sp³-hybridized carbons (Fsp3) is 0.381. The molecule has 1 heterocycles. The van der Waals surface area contributed by atoms with E-state index in [-0.39, 0.29) is 4.90 Å². The standard InChI is InChI=1S/C21H25ClN2O3S/c1-3-12-24(2)13-4-5-14-27-18-10-11-19-20(15-18)28(25,26)23-21(19)16-6-8-17(22)9-7-16/h6-11,15H,3-5,12-14H2,1-2H3. The molecular formula is C21H25ClN2O3S. The molecule has 0 N–H and O–H groups in total. The number of hydrogen-bond donors (Lipinski definition) is 0. The Kier molecular flexibility index (Phi) is 6.75. The minimum atomic E-state index is -3.72. The van der Waals surface area contributed by atoms with Crippen molar-refractivity contribution in [3.05, 3.63) is 58.6 Å². The third-order valence-corrected chi connectivity index (χ3v) is 6.19. The topological polar surface area (TPSA) is 59.0 Å². The van der Waals surface area contributed by atoms with Crippen LogP contribution in [0, 0.1) is 0 Å². The van der Waals surface area contributed by atoms with E-state index in [1.807, 2.05) is 0 Å². The van der Waals surface area contributed by atoms with Gasteiger partial charge in [-0.3, -0.25) is 0 Å². The first-order valence-corrected chi connectivity index (χ1v) is 11.3. The molecule has 0 unspecified atom stereocenters. The zero-order valence-corrected chi connectivity index (χ0v) is 17.8. The van der Waals surface area contributed by atoms with Crippen molar-refractivity contribution in [2.45, 2.75) is 31.1 Å². The highest BCUT2D eigenvalue weighted by molar-refractivity contribution is 7.90. The monoisotopic (exact) mass is 420 g/mol. The van der Waals surface area contributed by atoms with Crippen LogP contribution in [0.5, 0.6) is 5.75 Å². The smallest absolute Gasteiger partial charge is 0.283 e. The number of hydrogen-bond acceptors (Lipinski definition) is 4. The Bertz CT molecular complexity index is 956. The highest BCUT2D eigenvalue weighted by atomic mass is 35.5. The van der Waals surface area contributed by atoms with E-state index < -0.39 is 10.0 Å². The van der Waals surface area contributed by atoms with Gasteiger partial charge in [0.15, 0.2) is 0 Å². The maximum absolute atomic E-state index is 12.5. The molecular weight excluding hydrogens is 396 g/mol. The second kappa shape index (κ2) is 9.07. The van der Waals surface area contributed by atoms with Crippen molar-refractivity contribution in [3.63, 3.8) is 0 Å². The summed E-state index contributed by atoms with van der Waals surface area (Å²) in [5.41, 5.74) is 1.75. The van der Waals surface area contributed by atoms with Gasteiger partial charge in [-0.05, 0) is 63.7 Å². The number of halogens is 1. The Hall–Kier alpha value is -1.89. The van der Waals surface area contributed by atoms with Crippen molar-refractivity contribution in [3.8, 4) is 5.75 Å². The van der Waals surface area contributed by atoms with E-state index in [4.69, 9.17) is 16.3 Å². The fourth-order valence-corrected chi connectivity index (χ4v) is 4.58. The number of unbranched alkanes of at least 4 members (excludes halogenated alkanes) is 1. The zero-order valence-electron chi connectivity index (χ0n) is 16.2. The van der Waals surface area contributed by atoms with Crippen LogP contribution in [0.1, 0.15) is 37.3 Å². The molecule has 0 saturated heterocycles. The lowest BCUT2D eigenvalue weighted by Gasteiger charge is -2.15. The van der Waals surface area contributed by atoms with Gasteiger partial charge in [0.1, 0.15) is 10.6 Å². The first kappa shape index (κ1) is 20.8. The lowest BCUT2D eigenvalue weighted by molar-refractivity contribution is 0.279. The summed E-state index contributed by atoms with van der Waals surface area (Å²) >= 11 is 5.92. The normalized spacial score (nSPS) is 14.8. The Morgan fingerprint density at radius 1 is 1.07 bits per heavy atom. The Morgan fingerprint density at radius 2 is 1.82 bits per heavy atom. The summed E-state index contributed by atoms with van der Waals surface area (Å²) in [7, 11) is -1.60. The van der Waals surface area contributed by atoms with Crippen LogP contribution < -0.4 is 4.74 Å². The molecule has 0 bridgehead atoms. The van der Waals surface area contributed by atoms with Crippen LogP contribution in [0.15, 0.2) is 51.8 Å². The van der Waals surface area contributed by atoms with Crippen molar-refractivity contribution in [1.29, 1.82) is 0 Å². The summed E-state index contributed by atoms with van der Waals surface area (Å²) in [6.45, 7) is 4.86. The molecule has 1 aliphatic heterocycles. The first-order valence-electron chi connectivity index (χ1n) is 9.47. The molecule has 2 aromatic carbocycles. The molecule has 7 heteroatoms. The van der Waals surface area contributed by atoms with Gasteiger partial charge in [0, 0.05) is 22.2 Å². The molecule has 150 valence electrons. The lowest BCUT2D eigenvalue weighted by Crippen LogP contribution is -2.20. The lowest BCUT2D eigenvalue weighted by atomic mass is 10.0. The highest BCUT2D eigenvalue weighted by Gasteiger charge is 2.30. The predicted molar refractivity (Wildman–Crippen MR) is 113 cm³/mol. The summed E-state index contributed by atoms with van der Waals surface area (Å²) in [6, 6.07) is 12.1. The Labute approximate surface area is 172 Å². The molecule has 0 saturated carbocycles. The van der Waals surface area contributed by atoms with Crippen LogP contribution in [0.25, 0.3) is 0 Å². The van der Waals surface area contributed by atoms with Gasteiger partial charge in [-0.15, -0.1) is 0 Å². The summed E-state index contributed by atoms with van der Waals surface area (Å²) in [5.74, 6) is 0.553. The number of sulfonamides is 1. The summed E-state index contributed by atoms with van der Waals surface area (Å²) in [6.07, 6.45) is 3.12. The average Bonchev–Trinajstić information content (AvgIpc) is 2.93. The molecule has 0 aliphatic carbocycles. The maximum atomic E-state index is 12.5. The van der Waals surface area contributed by atoms with Gasteiger partial charge in [0.05, 0.1) is 12.3 Å². The number of ether oxygens (including phenoxy) is 1. The molecule has 0 spiro atoms. The second-order valence-corrected chi connectivity index (χ2v) is 8.95. The molecule has 0 fully saturated rings. The summed E-state index contributed by atoms with van der Waals surface area (Å²) in [4.78, 5) is 2.50. The number of benzene rings is 2. The number of nitrogens with zero attached hydrogens (tertiary/aromatic N) is 2. The minimum absolute atomic E-state index is 0.192. The second-order valence-electron chi connectivity index (χ2n) is 6.94. The quantitative estimate of drug-likeness (QED) is 0.565. The fourth-order valence-electron chi connectivity index (χ4n) is 3.20. The number of rotatable bonds is 9. The maximum Gasteiger partial charge on any atom is 0.283 e. The van der Waals surface area contributed by atoms with Gasteiger partial charge in [0.25, 0.3) is 10.0 Å². The van der Waals surface area contributed by atoms with Crippen molar-refractivity contribution in [2.75, 3.05) is 26.7 Å². The molecule has 0 aromatic heterocycles. The van der Waals surface area contributed by atoms with E-state index in [2.05, 4.69) is 23.3 Å². The van der Waals surface area contributed by atoms with Gasteiger partial charge < -0.3 is 9.64 Å². The van der Waals surface area contributed by atoms with Crippen LogP contribution >= 0.6 is 11.6 Å². The van der Waals surface area contributed by atoms with Crippen LogP contribution in [0.2, 0.25) is 5.02 Å². The summed E-state index contributed by atoms with van der Waals surface area (Å²) < 4.78 is 34.7. The van der Waals surface area contributed by atoms with E-state index >= 15 is 0 Å². The van der Waals surface area contributed by atoms with Crippen molar-refractivity contribution < 1.29 is 13.2 Å². The van der Waals surface area contributed by atoms with Crippen LogP contribution in [0.3, 0.4) is 0 Å². The molecule has 1 aliphatic rings. The van der Waals surface area contributed by atoms with Gasteiger partial charge in [-0.2, -0.15) is 12.8 Å². The zero-order chi connectivity index (χ0) is 20.1. The first-order chi connectivity index (χ1) is 13.4. The molecule has 0 amide bonds. The van der Waals surface area contributed by atoms with E-state index in [0.717, 1.165) is 37.9 Å². The van der Waals surface area contributed by atoms with Gasteiger partial charge in [0.2, 0.25) is 0 Å².